The quantitative estimate of drug-likeness (QED) is 0.392. The van der Waals surface area contributed by atoms with Gasteiger partial charge in [-0.3, -0.25) is 19.6 Å². The molecule has 0 unspecified atom stereocenters. The number of aromatic nitrogens is 3. The Bertz CT molecular complexity index is 1470. The maximum absolute atomic E-state index is 13.3. The summed E-state index contributed by atoms with van der Waals surface area (Å²) >= 11 is 0. The standard InChI is InChI=1S/C26H22N4O6/c31-24-12-21(28-26(33)29-24)25(32)30(14-19-5-1-2-9-27-19)13-17-4-3-6-20(10-17)34-15-18-7-8-22-23(11-18)36-16-35-22/h1-12H,13-16H2,(H2,28,29,31,33). The molecular formula is C26H22N4O6. The van der Waals surface area contributed by atoms with Crippen LogP contribution in [0.2, 0.25) is 0 Å². The number of hydrogen-bond acceptors (Lipinski definition) is 7. The first kappa shape index (κ1) is 22.9. The highest BCUT2D eigenvalue weighted by molar-refractivity contribution is 5.92. The fourth-order valence-corrected chi connectivity index (χ4v) is 3.79. The molecule has 4 aromatic rings. The molecule has 0 saturated carbocycles. The van der Waals surface area contributed by atoms with Gasteiger partial charge in [-0.15, -0.1) is 0 Å². The van der Waals surface area contributed by atoms with Crippen molar-refractivity contribution in [3.05, 3.63) is 116 Å². The van der Waals surface area contributed by atoms with Crippen LogP contribution in [-0.4, -0.2) is 32.6 Å². The Morgan fingerprint density at radius 2 is 1.81 bits per heavy atom. The monoisotopic (exact) mass is 486 g/mol. The van der Waals surface area contributed by atoms with Crippen molar-refractivity contribution >= 4 is 5.91 Å². The van der Waals surface area contributed by atoms with Crippen LogP contribution >= 0.6 is 0 Å². The zero-order valence-corrected chi connectivity index (χ0v) is 19.1. The molecule has 2 N–H and O–H groups in total. The molecular weight excluding hydrogens is 464 g/mol. The Balaban J connectivity index is 1.34. The number of hydrogen-bond donors (Lipinski definition) is 2. The molecule has 10 heteroatoms. The van der Waals surface area contributed by atoms with E-state index in [9.17, 15) is 14.4 Å². The molecule has 3 heterocycles. The van der Waals surface area contributed by atoms with Gasteiger partial charge in [-0.1, -0.05) is 24.3 Å². The molecule has 5 rings (SSSR count). The number of nitrogens with zero attached hydrogens (tertiary/aromatic N) is 2. The van der Waals surface area contributed by atoms with Gasteiger partial charge in [-0.2, -0.15) is 0 Å². The number of fused-ring (bicyclic) bond motifs is 1. The average Bonchev–Trinajstić information content (AvgIpc) is 3.35. The first-order chi connectivity index (χ1) is 17.5. The Morgan fingerprint density at radius 3 is 2.64 bits per heavy atom. The third kappa shape index (κ3) is 5.44. The van der Waals surface area contributed by atoms with Gasteiger partial charge in [0.15, 0.2) is 11.5 Å². The number of H-pyrrole nitrogens is 2. The summed E-state index contributed by atoms with van der Waals surface area (Å²) in [5.74, 6) is 1.52. The Hall–Kier alpha value is -4.86. The molecule has 2 aromatic carbocycles. The third-order valence-corrected chi connectivity index (χ3v) is 5.47. The summed E-state index contributed by atoms with van der Waals surface area (Å²) < 4.78 is 16.7. The SMILES string of the molecule is O=C(c1cc(=O)[nH]c(=O)[nH]1)N(Cc1cccc(OCc2ccc3c(c2)OCO3)c1)Cc1ccccn1. The molecule has 0 saturated heterocycles. The number of nitrogens with one attached hydrogen (secondary N) is 2. The highest BCUT2D eigenvalue weighted by Crippen LogP contribution is 2.32. The minimum absolute atomic E-state index is 0.102. The Kier molecular flexibility index (Phi) is 6.48. The lowest BCUT2D eigenvalue weighted by molar-refractivity contribution is 0.0721. The Labute approximate surface area is 205 Å². The predicted molar refractivity (Wildman–Crippen MR) is 129 cm³/mol. The summed E-state index contributed by atoms with van der Waals surface area (Å²) in [6.07, 6.45) is 1.64. The normalized spacial score (nSPS) is 11.8. The summed E-state index contributed by atoms with van der Waals surface area (Å²) in [6.45, 7) is 0.910. The van der Waals surface area contributed by atoms with Crippen molar-refractivity contribution in [1.29, 1.82) is 0 Å². The zero-order chi connectivity index (χ0) is 24.9. The van der Waals surface area contributed by atoms with Gasteiger partial charge in [-0.25, -0.2) is 4.79 Å². The molecule has 10 nitrogen and oxygen atoms in total. The number of ether oxygens (including phenoxy) is 3. The number of aromatic amines is 2. The van der Waals surface area contributed by atoms with E-state index in [0.29, 0.717) is 29.5 Å². The minimum atomic E-state index is -0.748. The van der Waals surface area contributed by atoms with Crippen molar-refractivity contribution < 1.29 is 19.0 Å². The van der Waals surface area contributed by atoms with Gasteiger partial charge in [-0.05, 0) is 47.5 Å². The Morgan fingerprint density at radius 1 is 0.917 bits per heavy atom. The lowest BCUT2D eigenvalue weighted by atomic mass is 10.1. The maximum Gasteiger partial charge on any atom is 0.326 e. The smallest absolute Gasteiger partial charge is 0.326 e. The second-order valence-electron chi connectivity index (χ2n) is 8.11. The number of carbonyl (C=O) groups is 1. The van der Waals surface area contributed by atoms with Crippen LogP contribution in [0.15, 0.2) is 82.5 Å². The van der Waals surface area contributed by atoms with Gasteiger partial charge in [0, 0.05) is 18.8 Å². The van der Waals surface area contributed by atoms with Crippen LogP contribution in [-0.2, 0) is 19.7 Å². The number of rotatable bonds is 8. The highest BCUT2D eigenvalue weighted by Gasteiger charge is 2.19. The first-order valence-corrected chi connectivity index (χ1v) is 11.2. The fourth-order valence-electron chi connectivity index (χ4n) is 3.79. The molecule has 0 spiro atoms. The van der Waals surface area contributed by atoms with Crippen LogP contribution in [0.3, 0.4) is 0 Å². The summed E-state index contributed by atoms with van der Waals surface area (Å²) in [7, 11) is 0. The van der Waals surface area contributed by atoms with Gasteiger partial charge in [0.1, 0.15) is 18.1 Å². The van der Waals surface area contributed by atoms with E-state index >= 15 is 0 Å². The van der Waals surface area contributed by atoms with Crippen molar-refractivity contribution in [3.63, 3.8) is 0 Å². The van der Waals surface area contributed by atoms with E-state index < -0.39 is 17.2 Å². The number of benzene rings is 2. The van der Waals surface area contributed by atoms with E-state index in [1.807, 2.05) is 48.5 Å². The van der Waals surface area contributed by atoms with Crippen molar-refractivity contribution in [2.24, 2.45) is 0 Å². The van der Waals surface area contributed by atoms with Crippen molar-refractivity contribution in [1.82, 2.24) is 19.9 Å². The van der Waals surface area contributed by atoms with Gasteiger partial charge in [0.25, 0.3) is 11.5 Å². The lowest BCUT2D eigenvalue weighted by Crippen LogP contribution is -2.34. The zero-order valence-electron chi connectivity index (χ0n) is 19.1. The van der Waals surface area contributed by atoms with E-state index in [-0.39, 0.29) is 25.6 Å². The summed E-state index contributed by atoms with van der Waals surface area (Å²) in [4.78, 5) is 47.0. The first-order valence-electron chi connectivity index (χ1n) is 11.2. The van der Waals surface area contributed by atoms with Crippen LogP contribution in [0.5, 0.6) is 17.2 Å². The van der Waals surface area contributed by atoms with E-state index in [2.05, 4.69) is 15.0 Å². The van der Waals surface area contributed by atoms with E-state index in [4.69, 9.17) is 14.2 Å². The molecule has 1 aliphatic rings. The molecule has 0 atom stereocenters. The van der Waals surface area contributed by atoms with Crippen molar-refractivity contribution in [3.8, 4) is 17.2 Å². The largest absolute Gasteiger partial charge is 0.489 e. The number of carbonyl (C=O) groups excluding carboxylic acids is 1. The van der Waals surface area contributed by atoms with E-state index in [0.717, 1.165) is 17.2 Å². The topological polar surface area (TPSA) is 127 Å². The second kappa shape index (κ2) is 10.2. The van der Waals surface area contributed by atoms with Crippen molar-refractivity contribution in [2.75, 3.05) is 6.79 Å². The van der Waals surface area contributed by atoms with Crippen LogP contribution in [0.4, 0.5) is 0 Å². The molecule has 1 aliphatic heterocycles. The summed E-state index contributed by atoms with van der Waals surface area (Å²) in [6, 6.07) is 19.5. The number of pyridine rings is 1. The lowest BCUT2D eigenvalue weighted by Gasteiger charge is -2.22. The third-order valence-electron chi connectivity index (χ3n) is 5.47. The minimum Gasteiger partial charge on any atom is -0.489 e. The molecule has 0 radical (unpaired) electrons. The molecule has 1 amide bonds. The van der Waals surface area contributed by atoms with Crippen LogP contribution in [0, 0.1) is 0 Å². The van der Waals surface area contributed by atoms with E-state index in [1.165, 1.54) is 4.90 Å². The molecule has 0 fully saturated rings. The van der Waals surface area contributed by atoms with Crippen LogP contribution in [0.25, 0.3) is 0 Å². The van der Waals surface area contributed by atoms with Gasteiger partial charge < -0.3 is 24.1 Å². The maximum atomic E-state index is 13.3. The second-order valence-corrected chi connectivity index (χ2v) is 8.11. The van der Waals surface area contributed by atoms with Crippen LogP contribution < -0.4 is 25.5 Å². The average molecular weight is 486 g/mol. The summed E-state index contributed by atoms with van der Waals surface area (Å²) in [5, 5.41) is 0. The molecule has 2 aromatic heterocycles. The number of amides is 1. The highest BCUT2D eigenvalue weighted by atomic mass is 16.7. The van der Waals surface area contributed by atoms with Gasteiger partial charge in [0.05, 0.1) is 12.2 Å². The van der Waals surface area contributed by atoms with Gasteiger partial charge >= 0.3 is 5.69 Å². The van der Waals surface area contributed by atoms with Gasteiger partial charge in [0.2, 0.25) is 6.79 Å². The molecule has 182 valence electrons. The fraction of sp³-hybridized carbons (Fsp3) is 0.154. The van der Waals surface area contributed by atoms with E-state index in [1.54, 1.807) is 18.3 Å². The molecule has 0 aliphatic carbocycles. The molecule has 0 bridgehead atoms. The summed E-state index contributed by atoms with van der Waals surface area (Å²) in [5.41, 5.74) is 0.883. The van der Waals surface area contributed by atoms with Crippen LogP contribution in [0.1, 0.15) is 27.3 Å². The van der Waals surface area contributed by atoms with Crippen molar-refractivity contribution in [2.45, 2.75) is 19.7 Å². The predicted octanol–water partition coefficient (Wildman–Crippen LogP) is 2.61. The molecule has 36 heavy (non-hydrogen) atoms.